The van der Waals surface area contributed by atoms with Gasteiger partial charge in [0.2, 0.25) is 0 Å². The summed E-state index contributed by atoms with van der Waals surface area (Å²) >= 11 is 3.42. The lowest BCUT2D eigenvalue weighted by Gasteiger charge is -2.15. The Hall–Kier alpha value is -1.30. The van der Waals surface area contributed by atoms with Crippen molar-refractivity contribution in [3.8, 4) is 0 Å². The van der Waals surface area contributed by atoms with Gasteiger partial charge in [0.15, 0.2) is 0 Å². The first-order valence-corrected chi connectivity index (χ1v) is 6.47. The van der Waals surface area contributed by atoms with Crippen molar-refractivity contribution in [2.45, 2.75) is 19.4 Å². The molecule has 0 radical (unpaired) electrons. The fourth-order valence-electron chi connectivity index (χ4n) is 1.69. The molecule has 0 spiro atoms. The van der Waals surface area contributed by atoms with Gasteiger partial charge >= 0.3 is 0 Å². The molecule has 1 unspecified atom stereocenters. The lowest BCUT2D eigenvalue weighted by atomic mass is 10.0. The molecule has 1 atom stereocenters. The van der Waals surface area contributed by atoms with E-state index < -0.39 is 0 Å². The summed E-state index contributed by atoms with van der Waals surface area (Å²) in [5.74, 6) is 5.59. The minimum Gasteiger partial charge on any atom is -0.271 e. The van der Waals surface area contributed by atoms with E-state index in [9.17, 15) is 0 Å². The van der Waals surface area contributed by atoms with Gasteiger partial charge in [-0.2, -0.15) is 0 Å². The molecule has 1 aromatic heterocycles. The van der Waals surface area contributed by atoms with E-state index in [-0.39, 0.29) is 6.04 Å². The predicted molar refractivity (Wildman–Crippen MR) is 74.7 cm³/mol. The Bertz CT molecular complexity index is 495. The number of rotatable bonds is 4. The highest BCUT2D eigenvalue weighted by molar-refractivity contribution is 9.10. The lowest BCUT2D eigenvalue weighted by molar-refractivity contribution is 0.535. The first-order valence-electron chi connectivity index (χ1n) is 5.68. The third kappa shape index (κ3) is 3.35. The minimum atomic E-state index is -0.0284. The number of nitrogens with zero attached hydrogens (tertiary/aromatic N) is 2. The van der Waals surface area contributed by atoms with Gasteiger partial charge in [-0.05, 0) is 31.0 Å². The molecular formula is C13H15BrN4. The van der Waals surface area contributed by atoms with Crippen molar-refractivity contribution in [2.75, 3.05) is 0 Å². The number of benzene rings is 1. The fraction of sp³-hybridized carbons (Fsp3) is 0.231. The molecule has 0 aliphatic heterocycles. The van der Waals surface area contributed by atoms with Crippen molar-refractivity contribution in [3.63, 3.8) is 0 Å². The highest BCUT2D eigenvalue weighted by Crippen LogP contribution is 2.17. The van der Waals surface area contributed by atoms with E-state index in [1.165, 1.54) is 5.56 Å². The summed E-state index contributed by atoms with van der Waals surface area (Å²) in [4.78, 5) is 8.59. The van der Waals surface area contributed by atoms with Crippen LogP contribution in [-0.4, -0.2) is 9.97 Å². The molecule has 0 amide bonds. The van der Waals surface area contributed by atoms with Crippen LogP contribution in [0.1, 0.15) is 23.0 Å². The molecule has 0 fully saturated rings. The number of nitrogens with one attached hydrogen (secondary N) is 1. The van der Waals surface area contributed by atoms with Crippen molar-refractivity contribution >= 4 is 15.9 Å². The maximum atomic E-state index is 5.59. The fourth-order valence-corrected chi connectivity index (χ4v) is 1.95. The molecule has 0 aliphatic rings. The van der Waals surface area contributed by atoms with Crippen molar-refractivity contribution in [2.24, 2.45) is 5.84 Å². The van der Waals surface area contributed by atoms with Crippen LogP contribution in [0.5, 0.6) is 0 Å². The SMILES string of the molecule is Cc1cnc(C(Cc2ccc(Br)cc2)NN)cn1. The average Bonchev–Trinajstić information content (AvgIpc) is 2.39. The predicted octanol–water partition coefficient (Wildman–Crippen LogP) is 2.29. The summed E-state index contributed by atoms with van der Waals surface area (Å²) in [6.45, 7) is 1.91. The Balaban J connectivity index is 2.14. The van der Waals surface area contributed by atoms with Crippen LogP contribution in [0.3, 0.4) is 0 Å². The zero-order valence-electron chi connectivity index (χ0n) is 10.1. The van der Waals surface area contributed by atoms with Gasteiger partial charge in [-0.3, -0.25) is 21.2 Å². The second-order valence-electron chi connectivity index (χ2n) is 4.13. The number of hydrogen-bond acceptors (Lipinski definition) is 4. The molecule has 2 rings (SSSR count). The van der Waals surface area contributed by atoms with Crippen LogP contribution in [0, 0.1) is 6.92 Å². The van der Waals surface area contributed by atoms with Gasteiger partial charge in [0.25, 0.3) is 0 Å². The molecule has 94 valence electrons. The van der Waals surface area contributed by atoms with Gasteiger partial charge in [0, 0.05) is 10.7 Å². The van der Waals surface area contributed by atoms with E-state index in [4.69, 9.17) is 5.84 Å². The van der Waals surface area contributed by atoms with E-state index in [1.54, 1.807) is 12.4 Å². The summed E-state index contributed by atoms with van der Waals surface area (Å²) in [5, 5.41) is 0. The van der Waals surface area contributed by atoms with Crippen molar-refractivity contribution in [1.29, 1.82) is 0 Å². The minimum absolute atomic E-state index is 0.0284. The molecule has 0 aliphatic carbocycles. The molecule has 2 aromatic rings. The summed E-state index contributed by atoms with van der Waals surface area (Å²) in [5.41, 5.74) is 5.74. The van der Waals surface area contributed by atoms with Crippen molar-refractivity contribution in [1.82, 2.24) is 15.4 Å². The third-order valence-corrected chi connectivity index (χ3v) is 3.24. The van der Waals surface area contributed by atoms with Crippen LogP contribution in [0.4, 0.5) is 0 Å². The molecule has 0 saturated heterocycles. The quantitative estimate of drug-likeness (QED) is 0.672. The first kappa shape index (κ1) is 13.1. The monoisotopic (exact) mass is 306 g/mol. The van der Waals surface area contributed by atoms with E-state index in [0.29, 0.717) is 0 Å². The summed E-state index contributed by atoms with van der Waals surface area (Å²) in [7, 11) is 0. The second kappa shape index (κ2) is 6.04. The van der Waals surface area contributed by atoms with E-state index in [2.05, 4.69) is 43.5 Å². The molecule has 0 saturated carbocycles. The average molecular weight is 307 g/mol. The van der Waals surface area contributed by atoms with E-state index in [1.807, 2.05) is 19.1 Å². The zero-order chi connectivity index (χ0) is 13.0. The third-order valence-electron chi connectivity index (χ3n) is 2.71. The Labute approximate surface area is 115 Å². The van der Waals surface area contributed by atoms with Crippen LogP contribution in [0.2, 0.25) is 0 Å². The number of aromatic nitrogens is 2. The van der Waals surface area contributed by atoms with E-state index >= 15 is 0 Å². The second-order valence-corrected chi connectivity index (χ2v) is 5.05. The first-order chi connectivity index (χ1) is 8.69. The summed E-state index contributed by atoms with van der Waals surface area (Å²) < 4.78 is 1.07. The highest BCUT2D eigenvalue weighted by Gasteiger charge is 2.12. The van der Waals surface area contributed by atoms with E-state index in [0.717, 1.165) is 22.3 Å². The number of hydrogen-bond donors (Lipinski definition) is 2. The van der Waals surface area contributed by atoms with Gasteiger partial charge < -0.3 is 0 Å². The molecule has 5 heteroatoms. The number of aryl methyl sites for hydroxylation is 1. The molecule has 1 aromatic carbocycles. The maximum Gasteiger partial charge on any atom is 0.0773 e. The Morgan fingerprint density at radius 2 is 1.94 bits per heavy atom. The smallest absolute Gasteiger partial charge is 0.0773 e. The number of hydrazine groups is 1. The molecule has 4 nitrogen and oxygen atoms in total. The van der Waals surface area contributed by atoms with Gasteiger partial charge in [-0.15, -0.1) is 0 Å². The summed E-state index contributed by atoms with van der Waals surface area (Å²) in [6.07, 6.45) is 4.29. The standard InChI is InChI=1S/C13H15BrN4/c1-9-7-17-13(8-16-9)12(18-15)6-10-2-4-11(14)5-3-10/h2-5,7-8,12,18H,6,15H2,1H3. The lowest BCUT2D eigenvalue weighted by Crippen LogP contribution is -2.30. The zero-order valence-corrected chi connectivity index (χ0v) is 11.7. The molecule has 18 heavy (non-hydrogen) atoms. The topological polar surface area (TPSA) is 63.8 Å². The Morgan fingerprint density at radius 3 is 2.50 bits per heavy atom. The Kier molecular flexibility index (Phi) is 4.41. The number of halogens is 1. The van der Waals surface area contributed by atoms with Crippen molar-refractivity contribution < 1.29 is 0 Å². The van der Waals surface area contributed by atoms with Gasteiger partial charge in [0.05, 0.1) is 23.6 Å². The molecule has 1 heterocycles. The largest absolute Gasteiger partial charge is 0.271 e. The van der Waals surface area contributed by atoms with Crippen molar-refractivity contribution in [3.05, 3.63) is 58.1 Å². The van der Waals surface area contributed by atoms with Crippen LogP contribution in [0.15, 0.2) is 41.1 Å². The highest BCUT2D eigenvalue weighted by atomic mass is 79.9. The molecule has 3 N–H and O–H groups in total. The van der Waals surface area contributed by atoms with Crippen LogP contribution in [-0.2, 0) is 6.42 Å². The van der Waals surface area contributed by atoms with Crippen LogP contribution < -0.4 is 11.3 Å². The van der Waals surface area contributed by atoms with Gasteiger partial charge in [-0.1, -0.05) is 28.1 Å². The molecule has 0 bridgehead atoms. The van der Waals surface area contributed by atoms with Gasteiger partial charge in [0.1, 0.15) is 0 Å². The Morgan fingerprint density at radius 1 is 1.22 bits per heavy atom. The number of nitrogens with two attached hydrogens (primary N) is 1. The van der Waals surface area contributed by atoms with Gasteiger partial charge in [-0.25, -0.2) is 0 Å². The molecular weight excluding hydrogens is 292 g/mol. The summed E-state index contributed by atoms with van der Waals surface area (Å²) in [6, 6.07) is 8.14. The maximum absolute atomic E-state index is 5.59. The van der Waals surface area contributed by atoms with Crippen LogP contribution in [0.25, 0.3) is 0 Å². The normalized spacial score (nSPS) is 12.4. The van der Waals surface area contributed by atoms with Crippen LogP contribution >= 0.6 is 15.9 Å².